The lowest BCUT2D eigenvalue weighted by Crippen LogP contribution is -2.46. The fourth-order valence-corrected chi connectivity index (χ4v) is 5.42. The third-order valence-electron chi connectivity index (χ3n) is 6.44. The summed E-state index contributed by atoms with van der Waals surface area (Å²) in [6.07, 6.45) is 0.697. The van der Waals surface area contributed by atoms with E-state index in [0.29, 0.717) is 24.5 Å². The number of rotatable bonds is 7. The van der Waals surface area contributed by atoms with Crippen molar-refractivity contribution in [3.8, 4) is 11.5 Å². The highest BCUT2D eigenvalue weighted by Gasteiger charge is 2.46. The highest BCUT2D eigenvalue weighted by atomic mass is 32.1. The summed E-state index contributed by atoms with van der Waals surface area (Å²) in [7, 11) is 3.20. The summed E-state index contributed by atoms with van der Waals surface area (Å²) in [5, 5.41) is 1.87. The van der Waals surface area contributed by atoms with Gasteiger partial charge < -0.3 is 9.47 Å². The van der Waals surface area contributed by atoms with Crippen LogP contribution in [0.3, 0.4) is 0 Å². The third-order valence-corrected chi connectivity index (χ3v) is 7.30. The van der Waals surface area contributed by atoms with E-state index in [-0.39, 0.29) is 19.3 Å². The minimum atomic E-state index is -0.795. The Labute approximate surface area is 207 Å². The van der Waals surface area contributed by atoms with Crippen LogP contribution in [0.25, 0.3) is 0 Å². The second-order valence-electron chi connectivity index (χ2n) is 8.41. The van der Waals surface area contributed by atoms with Crippen LogP contribution >= 0.6 is 11.3 Å². The first-order valence-corrected chi connectivity index (χ1v) is 12.1. The Morgan fingerprint density at radius 2 is 1.63 bits per heavy atom. The van der Waals surface area contributed by atoms with Crippen molar-refractivity contribution >= 4 is 29.2 Å². The van der Waals surface area contributed by atoms with Gasteiger partial charge in [0.25, 0.3) is 0 Å². The van der Waals surface area contributed by atoms with Crippen LogP contribution in [0.4, 0.5) is 4.79 Å². The van der Waals surface area contributed by atoms with Crippen molar-refractivity contribution in [1.29, 1.82) is 0 Å². The molecule has 0 saturated carbocycles. The van der Waals surface area contributed by atoms with Gasteiger partial charge in [-0.1, -0.05) is 36.4 Å². The average Bonchev–Trinajstić information content (AvgIpc) is 3.47. The van der Waals surface area contributed by atoms with E-state index in [1.165, 1.54) is 11.3 Å². The van der Waals surface area contributed by atoms with E-state index in [9.17, 15) is 14.4 Å². The van der Waals surface area contributed by atoms with Crippen LogP contribution in [-0.2, 0) is 22.6 Å². The zero-order valence-electron chi connectivity index (χ0n) is 19.5. The normalized spacial score (nSPS) is 18.2. The number of hydrogen-bond donors (Lipinski definition) is 0. The van der Waals surface area contributed by atoms with E-state index in [4.69, 9.17) is 9.47 Å². The van der Waals surface area contributed by atoms with E-state index in [2.05, 4.69) is 4.90 Å². The summed E-state index contributed by atoms with van der Waals surface area (Å²) in [6, 6.07) is 16.7. The lowest BCUT2D eigenvalue weighted by atomic mass is 9.88. The molecule has 180 valence electrons. The summed E-state index contributed by atoms with van der Waals surface area (Å²) >= 11 is 1.44. The Balaban J connectivity index is 1.48. The fraction of sp³-hybridized carbons (Fsp3) is 0.269. The number of ether oxygens (including phenoxy) is 2. The van der Waals surface area contributed by atoms with Crippen LogP contribution in [0.2, 0.25) is 0 Å². The van der Waals surface area contributed by atoms with Gasteiger partial charge in [-0.2, -0.15) is 0 Å². The highest BCUT2D eigenvalue weighted by Crippen LogP contribution is 2.41. The van der Waals surface area contributed by atoms with Gasteiger partial charge in [-0.3, -0.25) is 19.4 Å². The topological polar surface area (TPSA) is 79.4 Å². The van der Waals surface area contributed by atoms with Crippen molar-refractivity contribution in [2.75, 3.05) is 27.4 Å². The Hall–Kier alpha value is -3.69. The van der Waals surface area contributed by atoms with Crippen molar-refractivity contribution in [2.24, 2.45) is 0 Å². The summed E-state index contributed by atoms with van der Waals surface area (Å²) < 4.78 is 11.0. The molecule has 0 unspecified atom stereocenters. The molecule has 0 N–H and O–H groups in total. The van der Waals surface area contributed by atoms with Gasteiger partial charge >= 0.3 is 17.8 Å². The van der Waals surface area contributed by atoms with Crippen LogP contribution in [-0.4, -0.2) is 60.0 Å². The molecule has 1 saturated heterocycles. The van der Waals surface area contributed by atoms with Crippen molar-refractivity contribution in [3.63, 3.8) is 0 Å². The van der Waals surface area contributed by atoms with E-state index in [1.807, 2.05) is 60.0 Å². The van der Waals surface area contributed by atoms with Crippen molar-refractivity contribution in [2.45, 2.75) is 19.0 Å². The molecule has 0 spiro atoms. The molecule has 0 radical (unpaired) electrons. The summed E-state index contributed by atoms with van der Waals surface area (Å²) in [6.45, 7) is 0.704. The van der Waals surface area contributed by atoms with Crippen molar-refractivity contribution in [1.82, 2.24) is 14.7 Å². The number of methoxy groups -OCH3 is 2. The van der Waals surface area contributed by atoms with Crippen LogP contribution in [0.1, 0.15) is 27.6 Å². The van der Waals surface area contributed by atoms with Gasteiger partial charge in [-0.25, -0.2) is 9.69 Å². The molecule has 8 nitrogen and oxygen atoms in total. The standard InChI is InChI=1S/C26H25N3O5S/c1-33-21-13-18-10-11-27(23(17-7-4-3-5-8-17)20(18)14-22(21)34-2)16-29-25(31)24(30)28(26(29)32)15-19-9-6-12-35-19/h3-9,12-14,23H,10-11,15-16H2,1-2H3/t23-/m1/s1. The number of carbonyl (C=O) groups excluding carboxylic acids is 3. The lowest BCUT2D eigenvalue weighted by molar-refractivity contribution is -0.144. The fourth-order valence-electron chi connectivity index (χ4n) is 4.73. The molecule has 1 atom stereocenters. The van der Waals surface area contributed by atoms with Gasteiger partial charge in [-0.15, -0.1) is 11.3 Å². The molecular formula is C26H25N3O5S. The predicted octanol–water partition coefficient (Wildman–Crippen LogP) is 3.66. The maximum atomic E-state index is 13.2. The SMILES string of the molecule is COc1cc2c(cc1OC)[C@@H](c1ccccc1)N(CN1C(=O)C(=O)N(Cc3cccs3)C1=O)CC2. The zero-order chi connectivity index (χ0) is 24.5. The van der Waals surface area contributed by atoms with Crippen LogP contribution < -0.4 is 9.47 Å². The van der Waals surface area contributed by atoms with Gasteiger partial charge in [0.15, 0.2) is 11.5 Å². The minimum absolute atomic E-state index is 0.0116. The molecule has 1 fully saturated rings. The Bertz CT molecular complexity index is 1260. The summed E-state index contributed by atoms with van der Waals surface area (Å²) in [4.78, 5) is 43.7. The molecular weight excluding hydrogens is 466 g/mol. The number of fused-ring (bicyclic) bond motifs is 1. The maximum Gasteiger partial charge on any atom is 0.335 e. The van der Waals surface area contributed by atoms with E-state index < -0.39 is 17.8 Å². The average molecular weight is 492 g/mol. The molecule has 2 aliphatic rings. The highest BCUT2D eigenvalue weighted by molar-refractivity contribution is 7.09. The Morgan fingerprint density at radius 3 is 2.31 bits per heavy atom. The van der Waals surface area contributed by atoms with Gasteiger partial charge in [0, 0.05) is 11.4 Å². The molecule has 3 aromatic rings. The molecule has 2 aromatic carbocycles. The Kier molecular flexibility index (Phi) is 6.27. The molecule has 0 aliphatic carbocycles. The molecule has 9 heteroatoms. The second kappa shape index (κ2) is 9.52. The molecule has 35 heavy (non-hydrogen) atoms. The molecule has 1 aromatic heterocycles. The molecule has 5 rings (SSSR count). The Morgan fingerprint density at radius 1 is 0.914 bits per heavy atom. The molecule has 3 heterocycles. The number of amides is 4. The number of nitrogens with zero attached hydrogens (tertiary/aromatic N) is 3. The van der Waals surface area contributed by atoms with Crippen LogP contribution in [0.5, 0.6) is 11.5 Å². The molecule has 2 aliphatic heterocycles. The van der Waals surface area contributed by atoms with Gasteiger partial charge in [-0.05, 0) is 46.7 Å². The van der Waals surface area contributed by atoms with Crippen molar-refractivity contribution < 1.29 is 23.9 Å². The lowest BCUT2D eigenvalue weighted by Gasteiger charge is -2.39. The number of benzene rings is 2. The minimum Gasteiger partial charge on any atom is -0.493 e. The van der Waals surface area contributed by atoms with Crippen molar-refractivity contribution in [3.05, 3.63) is 81.5 Å². The second-order valence-corrected chi connectivity index (χ2v) is 9.44. The van der Waals surface area contributed by atoms with Gasteiger partial charge in [0.1, 0.15) is 0 Å². The monoisotopic (exact) mass is 491 g/mol. The van der Waals surface area contributed by atoms with Crippen LogP contribution in [0.15, 0.2) is 60.0 Å². The van der Waals surface area contributed by atoms with E-state index in [1.54, 1.807) is 14.2 Å². The largest absolute Gasteiger partial charge is 0.493 e. The maximum absolute atomic E-state index is 13.2. The molecule has 0 bridgehead atoms. The number of hydrogen-bond acceptors (Lipinski definition) is 7. The van der Waals surface area contributed by atoms with Crippen LogP contribution in [0, 0.1) is 0 Å². The number of carbonyl (C=O) groups is 3. The molecule has 4 amide bonds. The van der Waals surface area contributed by atoms with E-state index >= 15 is 0 Å². The quantitative estimate of drug-likeness (QED) is 0.371. The van der Waals surface area contributed by atoms with Gasteiger partial charge in [0.05, 0.1) is 33.5 Å². The summed E-state index contributed by atoms with van der Waals surface area (Å²) in [5.41, 5.74) is 3.14. The van der Waals surface area contributed by atoms with E-state index in [0.717, 1.165) is 31.4 Å². The first-order chi connectivity index (χ1) is 17.0. The number of imide groups is 2. The first-order valence-electron chi connectivity index (χ1n) is 11.2. The third kappa shape index (κ3) is 4.17. The first kappa shape index (κ1) is 23.1. The van der Waals surface area contributed by atoms with Gasteiger partial charge in [0.2, 0.25) is 0 Å². The number of urea groups is 1. The predicted molar refractivity (Wildman–Crippen MR) is 130 cm³/mol. The zero-order valence-corrected chi connectivity index (χ0v) is 20.3. The summed E-state index contributed by atoms with van der Waals surface area (Å²) in [5.74, 6) is -0.314. The number of thiophene rings is 1. The smallest absolute Gasteiger partial charge is 0.335 e.